The highest BCUT2D eigenvalue weighted by atomic mass is 19.2. The lowest BCUT2D eigenvalue weighted by atomic mass is 10.1. The molecular formula is C13H12F3N3O3. The Labute approximate surface area is 123 Å². The van der Waals surface area contributed by atoms with Gasteiger partial charge in [0, 0.05) is 31.7 Å². The van der Waals surface area contributed by atoms with Crippen LogP contribution in [-0.4, -0.2) is 53.7 Å². The Kier molecular flexibility index (Phi) is 4.34. The Morgan fingerprint density at radius 1 is 0.909 bits per heavy atom. The van der Waals surface area contributed by atoms with Gasteiger partial charge in [0.15, 0.2) is 17.5 Å². The second-order valence-corrected chi connectivity index (χ2v) is 4.70. The Hall–Kier alpha value is -2.58. The maximum atomic E-state index is 13.1. The summed E-state index contributed by atoms with van der Waals surface area (Å²) in [5.41, 5.74) is 4.54. The third-order valence-electron chi connectivity index (χ3n) is 3.30. The average molecular weight is 315 g/mol. The molecule has 2 rings (SSSR count). The highest BCUT2D eigenvalue weighted by Gasteiger charge is 2.27. The zero-order valence-corrected chi connectivity index (χ0v) is 11.3. The van der Waals surface area contributed by atoms with Crippen molar-refractivity contribution >= 4 is 17.7 Å². The molecule has 1 saturated heterocycles. The van der Waals surface area contributed by atoms with Gasteiger partial charge >= 0.3 is 11.8 Å². The molecule has 0 aromatic heterocycles. The van der Waals surface area contributed by atoms with Crippen LogP contribution >= 0.6 is 0 Å². The minimum Gasteiger partial charge on any atom is -0.361 e. The zero-order valence-electron chi connectivity index (χ0n) is 11.3. The number of primary amides is 1. The summed E-state index contributed by atoms with van der Waals surface area (Å²) in [6.45, 7) is 0.274. The van der Waals surface area contributed by atoms with E-state index in [9.17, 15) is 27.6 Å². The third kappa shape index (κ3) is 3.02. The number of hydrogen-bond acceptors (Lipinski definition) is 3. The summed E-state index contributed by atoms with van der Waals surface area (Å²) in [7, 11) is 0. The van der Waals surface area contributed by atoms with Crippen LogP contribution in [0.2, 0.25) is 0 Å². The highest BCUT2D eigenvalue weighted by molar-refractivity contribution is 6.34. The number of carbonyl (C=O) groups excluding carboxylic acids is 3. The van der Waals surface area contributed by atoms with E-state index in [4.69, 9.17) is 5.73 Å². The summed E-state index contributed by atoms with van der Waals surface area (Å²) >= 11 is 0. The number of rotatable bonds is 1. The fraction of sp³-hybridized carbons (Fsp3) is 0.308. The fourth-order valence-corrected chi connectivity index (χ4v) is 2.13. The second kappa shape index (κ2) is 6.04. The van der Waals surface area contributed by atoms with E-state index in [1.807, 2.05) is 0 Å². The van der Waals surface area contributed by atoms with Gasteiger partial charge in [-0.15, -0.1) is 0 Å². The van der Waals surface area contributed by atoms with Crippen molar-refractivity contribution < 1.29 is 27.6 Å². The molecule has 0 atom stereocenters. The van der Waals surface area contributed by atoms with Gasteiger partial charge in [0.05, 0.1) is 0 Å². The van der Waals surface area contributed by atoms with Crippen LogP contribution in [0, 0.1) is 17.5 Å². The largest absolute Gasteiger partial charge is 0.361 e. The number of halogens is 3. The molecule has 0 bridgehead atoms. The van der Waals surface area contributed by atoms with Crippen molar-refractivity contribution in [3.8, 4) is 0 Å². The van der Waals surface area contributed by atoms with Crippen LogP contribution < -0.4 is 5.73 Å². The predicted octanol–water partition coefficient (Wildman–Crippen LogP) is -0.126. The van der Waals surface area contributed by atoms with E-state index in [0.717, 1.165) is 0 Å². The zero-order chi connectivity index (χ0) is 16.4. The molecule has 3 amide bonds. The van der Waals surface area contributed by atoms with Gasteiger partial charge in [0.1, 0.15) is 0 Å². The van der Waals surface area contributed by atoms with Gasteiger partial charge in [0.2, 0.25) is 0 Å². The monoisotopic (exact) mass is 315 g/mol. The van der Waals surface area contributed by atoms with Crippen LogP contribution in [0.4, 0.5) is 13.2 Å². The van der Waals surface area contributed by atoms with Crippen molar-refractivity contribution in [3.05, 3.63) is 35.1 Å². The SMILES string of the molecule is NC(=O)C(=O)N1CCN(C(=O)c2cc(F)c(F)c(F)c2)CC1. The third-order valence-corrected chi connectivity index (χ3v) is 3.30. The lowest BCUT2D eigenvalue weighted by Crippen LogP contribution is -2.53. The van der Waals surface area contributed by atoms with Crippen LogP contribution in [0.5, 0.6) is 0 Å². The molecule has 6 nitrogen and oxygen atoms in total. The quantitative estimate of drug-likeness (QED) is 0.579. The number of carbonyl (C=O) groups is 3. The van der Waals surface area contributed by atoms with Crippen molar-refractivity contribution in [2.75, 3.05) is 26.2 Å². The first-order valence-corrected chi connectivity index (χ1v) is 6.33. The molecule has 118 valence electrons. The van der Waals surface area contributed by atoms with Crippen LogP contribution in [-0.2, 0) is 9.59 Å². The van der Waals surface area contributed by atoms with Gasteiger partial charge in [-0.2, -0.15) is 0 Å². The van der Waals surface area contributed by atoms with E-state index in [1.54, 1.807) is 0 Å². The summed E-state index contributed by atoms with van der Waals surface area (Å²) in [6, 6.07) is 1.23. The molecule has 2 N–H and O–H groups in total. The van der Waals surface area contributed by atoms with Gasteiger partial charge in [0.25, 0.3) is 5.91 Å². The number of piperazine rings is 1. The van der Waals surface area contributed by atoms with E-state index in [1.165, 1.54) is 9.80 Å². The summed E-state index contributed by atoms with van der Waals surface area (Å²) in [4.78, 5) is 36.7. The van der Waals surface area contributed by atoms with Crippen LogP contribution in [0.1, 0.15) is 10.4 Å². The number of benzene rings is 1. The van der Waals surface area contributed by atoms with Gasteiger partial charge in [-0.3, -0.25) is 14.4 Å². The van der Waals surface area contributed by atoms with Crippen LogP contribution in [0.3, 0.4) is 0 Å². The van der Waals surface area contributed by atoms with E-state index in [-0.39, 0.29) is 31.7 Å². The lowest BCUT2D eigenvalue weighted by Gasteiger charge is -2.34. The maximum absolute atomic E-state index is 13.1. The van der Waals surface area contributed by atoms with Crippen molar-refractivity contribution in [3.63, 3.8) is 0 Å². The fourth-order valence-electron chi connectivity index (χ4n) is 2.13. The number of nitrogens with zero attached hydrogens (tertiary/aromatic N) is 2. The van der Waals surface area contributed by atoms with Crippen LogP contribution in [0.15, 0.2) is 12.1 Å². The first-order chi connectivity index (χ1) is 10.3. The molecule has 1 fully saturated rings. The Balaban J connectivity index is 2.07. The topological polar surface area (TPSA) is 83.7 Å². The normalized spacial score (nSPS) is 14.9. The van der Waals surface area contributed by atoms with E-state index in [2.05, 4.69) is 0 Å². The van der Waals surface area contributed by atoms with E-state index >= 15 is 0 Å². The Morgan fingerprint density at radius 2 is 1.36 bits per heavy atom. The highest BCUT2D eigenvalue weighted by Crippen LogP contribution is 2.16. The second-order valence-electron chi connectivity index (χ2n) is 4.70. The number of hydrogen-bond donors (Lipinski definition) is 1. The predicted molar refractivity (Wildman–Crippen MR) is 68.0 cm³/mol. The first kappa shape index (κ1) is 15.8. The van der Waals surface area contributed by atoms with Crippen molar-refractivity contribution in [2.45, 2.75) is 0 Å². The molecule has 0 radical (unpaired) electrons. The maximum Gasteiger partial charge on any atom is 0.311 e. The molecule has 1 aliphatic rings. The summed E-state index contributed by atoms with van der Waals surface area (Å²) in [6.07, 6.45) is 0. The minimum atomic E-state index is -1.64. The first-order valence-electron chi connectivity index (χ1n) is 6.33. The Morgan fingerprint density at radius 3 is 1.82 bits per heavy atom. The minimum absolute atomic E-state index is 0.0679. The lowest BCUT2D eigenvalue weighted by molar-refractivity contribution is -0.145. The van der Waals surface area contributed by atoms with Crippen molar-refractivity contribution in [1.82, 2.24) is 9.80 Å². The van der Waals surface area contributed by atoms with Crippen molar-refractivity contribution in [1.29, 1.82) is 0 Å². The molecule has 0 saturated carbocycles. The molecule has 1 aromatic carbocycles. The van der Waals surface area contributed by atoms with E-state index < -0.39 is 35.2 Å². The molecule has 22 heavy (non-hydrogen) atoms. The molecule has 1 heterocycles. The van der Waals surface area contributed by atoms with Gasteiger partial charge in [-0.1, -0.05) is 0 Å². The molecule has 1 aromatic rings. The Bertz CT molecular complexity index is 620. The van der Waals surface area contributed by atoms with Crippen molar-refractivity contribution in [2.24, 2.45) is 5.73 Å². The molecule has 0 aliphatic carbocycles. The molecule has 9 heteroatoms. The smallest absolute Gasteiger partial charge is 0.311 e. The number of amides is 3. The molecule has 0 spiro atoms. The van der Waals surface area contributed by atoms with Gasteiger partial charge < -0.3 is 15.5 Å². The van der Waals surface area contributed by atoms with E-state index in [0.29, 0.717) is 12.1 Å². The molecular weight excluding hydrogens is 303 g/mol. The molecule has 0 unspecified atom stereocenters. The molecule has 1 aliphatic heterocycles. The summed E-state index contributed by atoms with van der Waals surface area (Å²) in [5.74, 6) is -7.19. The summed E-state index contributed by atoms with van der Waals surface area (Å²) in [5, 5.41) is 0. The van der Waals surface area contributed by atoms with Crippen LogP contribution in [0.25, 0.3) is 0 Å². The summed E-state index contributed by atoms with van der Waals surface area (Å²) < 4.78 is 39.1. The number of nitrogens with two attached hydrogens (primary N) is 1. The average Bonchev–Trinajstić information content (AvgIpc) is 2.50. The van der Waals surface area contributed by atoms with Gasteiger partial charge in [-0.05, 0) is 12.1 Å². The standard InChI is InChI=1S/C13H12F3N3O3/c14-8-5-7(6-9(15)10(8)16)12(21)18-1-3-19(4-2-18)13(22)11(17)20/h5-6H,1-4H2,(H2,17,20). The van der Waals surface area contributed by atoms with Gasteiger partial charge in [-0.25, -0.2) is 13.2 Å².